The van der Waals surface area contributed by atoms with Gasteiger partial charge in [-0.1, -0.05) is 15.9 Å². The Morgan fingerprint density at radius 3 is 2.57 bits per heavy atom. The first-order valence-corrected chi connectivity index (χ1v) is 6.78. The summed E-state index contributed by atoms with van der Waals surface area (Å²) in [6.07, 6.45) is 1.52. The molecule has 0 saturated carbocycles. The van der Waals surface area contributed by atoms with Crippen molar-refractivity contribution in [3.8, 4) is 0 Å². The van der Waals surface area contributed by atoms with E-state index in [1.165, 1.54) is 18.3 Å². The van der Waals surface area contributed by atoms with Gasteiger partial charge in [0.15, 0.2) is 0 Å². The molecule has 1 heterocycles. The van der Waals surface area contributed by atoms with Gasteiger partial charge in [-0.15, -0.1) is 0 Å². The van der Waals surface area contributed by atoms with Crippen molar-refractivity contribution in [3.05, 3.63) is 52.3 Å². The molecule has 0 aliphatic carbocycles. The van der Waals surface area contributed by atoms with Crippen LogP contribution in [0.5, 0.6) is 0 Å². The number of halogens is 1. The molecule has 1 aromatic carbocycles. The molecular formula is C14H12BrN3O3. The first-order chi connectivity index (χ1) is 9.95. The average Bonchev–Trinajstić information content (AvgIpc) is 2.43. The molecule has 3 N–H and O–H groups in total. The Balaban J connectivity index is 2.12. The number of nitrogens with zero attached hydrogens (tertiary/aromatic N) is 1. The quantitative estimate of drug-likeness (QED) is 0.790. The van der Waals surface area contributed by atoms with Crippen molar-refractivity contribution in [1.29, 1.82) is 0 Å². The van der Waals surface area contributed by atoms with Crippen molar-refractivity contribution in [2.45, 2.75) is 6.92 Å². The van der Waals surface area contributed by atoms with Crippen molar-refractivity contribution >= 4 is 39.3 Å². The lowest BCUT2D eigenvalue weighted by Gasteiger charge is -2.10. The number of carboxylic acid groups (broad SMARTS) is 1. The maximum atomic E-state index is 11.9. The van der Waals surface area contributed by atoms with Crippen LogP contribution in [0.2, 0.25) is 0 Å². The third-order valence-electron chi connectivity index (χ3n) is 2.63. The average molecular weight is 350 g/mol. The summed E-state index contributed by atoms with van der Waals surface area (Å²) in [5.74, 6) is -1.12. The number of carbonyl (C=O) groups excluding carboxylic acids is 1. The van der Waals surface area contributed by atoms with Crippen LogP contribution in [0.3, 0.4) is 0 Å². The molecule has 2 amide bonds. The molecule has 21 heavy (non-hydrogen) atoms. The largest absolute Gasteiger partial charge is 0.478 e. The zero-order chi connectivity index (χ0) is 15.4. The monoisotopic (exact) mass is 349 g/mol. The summed E-state index contributed by atoms with van der Waals surface area (Å²) < 4.78 is 0.619. The summed E-state index contributed by atoms with van der Waals surface area (Å²) in [6.45, 7) is 1.84. The normalized spacial score (nSPS) is 10.0. The van der Waals surface area contributed by atoms with Crippen molar-refractivity contribution in [2.24, 2.45) is 0 Å². The van der Waals surface area contributed by atoms with Gasteiger partial charge in [0.25, 0.3) is 0 Å². The summed E-state index contributed by atoms with van der Waals surface area (Å²) in [6, 6.07) is 7.52. The smallest absolute Gasteiger partial charge is 0.337 e. The Hall–Kier alpha value is -2.41. The van der Waals surface area contributed by atoms with Crippen LogP contribution in [0.25, 0.3) is 0 Å². The zero-order valence-corrected chi connectivity index (χ0v) is 12.6. The van der Waals surface area contributed by atoms with Crippen LogP contribution in [-0.4, -0.2) is 22.1 Å². The van der Waals surface area contributed by atoms with Gasteiger partial charge in [0.1, 0.15) is 0 Å². The van der Waals surface area contributed by atoms with E-state index >= 15 is 0 Å². The number of nitrogens with one attached hydrogen (secondary N) is 2. The third kappa shape index (κ3) is 4.03. The van der Waals surface area contributed by atoms with E-state index in [9.17, 15) is 9.59 Å². The van der Waals surface area contributed by atoms with E-state index in [1.54, 1.807) is 18.2 Å². The second-order valence-electron chi connectivity index (χ2n) is 4.26. The lowest BCUT2D eigenvalue weighted by atomic mass is 10.2. The standard InChI is InChI=1S/C14H12BrN3O3/c1-8-2-4-10(7-16-8)17-14(21)18-12-5-3-9(15)6-11(12)13(19)20/h2-7H,1H3,(H,19,20)(H2,17,18,21). The lowest BCUT2D eigenvalue weighted by molar-refractivity contribution is 0.0698. The molecule has 1 aromatic heterocycles. The van der Waals surface area contributed by atoms with Crippen molar-refractivity contribution in [1.82, 2.24) is 4.98 Å². The number of rotatable bonds is 3. The van der Waals surface area contributed by atoms with Crippen LogP contribution in [0.1, 0.15) is 16.1 Å². The highest BCUT2D eigenvalue weighted by molar-refractivity contribution is 9.10. The number of amides is 2. The second kappa shape index (κ2) is 6.36. The van der Waals surface area contributed by atoms with Crippen molar-refractivity contribution in [2.75, 3.05) is 10.6 Å². The fourth-order valence-corrected chi connectivity index (χ4v) is 1.99. The van der Waals surface area contributed by atoms with Gasteiger partial charge >= 0.3 is 12.0 Å². The molecule has 0 bridgehead atoms. The summed E-state index contributed by atoms with van der Waals surface area (Å²) in [5.41, 5.74) is 1.57. The van der Waals surface area contributed by atoms with Crippen LogP contribution in [0.4, 0.5) is 16.2 Å². The van der Waals surface area contributed by atoms with E-state index in [4.69, 9.17) is 5.11 Å². The molecular weight excluding hydrogens is 338 g/mol. The molecule has 0 spiro atoms. The van der Waals surface area contributed by atoms with Crippen molar-refractivity contribution < 1.29 is 14.7 Å². The maximum absolute atomic E-state index is 11.9. The fourth-order valence-electron chi connectivity index (χ4n) is 1.63. The third-order valence-corrected chi connectivity index (χ3v) is 3.12. The van der Waals surface area contributed by atoms with E-state index < -0.39 is 12.0 Å². The number of carboxylic acids is 1. The Bertz CT molecular complexity index is 686. The van der Waals surface area contributed by atoms with Crippen molar-refractivity contribution in [3.63, 3.8) is 0 Å². The molecule has 0 saturated heterocycles. The highest BCUT2D eigenvalue weighted by Gasteiger charge is 2.13. The van der Waals surface area contributed by atoms with Gasteiger partial charge in [-0.05, 0) is 37.3 Å². The molecule has 0 unspecified atom stereocenters. The zero-order valence-electron chi connectivity index (χ0n) is 11.1. The van der Waals surface area contributed by atoms with E-state index in [-0.39, 0.29) is 11.3 Å². The number of aromatic nitrogens is 1. The predicted octanol–water partition coefficient (Wildman–Crippen LogP) is 3.49. The minimum atomic E-state index is -1.12. The van der Waals surface area contributed by atoms with Gasteiger partial charge in [0.05, 0.1) is 23.1 Å². The number of hydrogen-bond acceptors (Lipinski definition) is 3. The minimum absolute atomic E-state index is 0.00144. The van der Waals surface area contributed by atoms with Gasteiger partial charge in [-0.25, -0.2) is 9.59 Å². The van der Waals surface area contributed by atoms with Crippen LogP contribution in [0, 0.1) is 6.92 Å². The van der Waals surface area contributed by atoms with Gasteiger partial charge < -0.3 is 15.7 Å². The van der Waals surface area contributed by atoms with Gasteiger partial charge in [0, 0.05) is 10.2 Å². The summed E-state index contributed by atoms with van der Waals surface area (Å²) >= 11 is 3.19. The first-order valence-electron chi connectivity index (χ1n) is 5.99. The molecule has 108 valence electrons. The summed E-state index contributed by atoms with van der Waals surface area (Å²) in [7, 11) is 0. The van der Waals surface area contributed by atoms with Crippen LogP contribution >= 0.6 is 15.9 Å². The van der Waals surface area contributed by atoms with E-state index in [0.717, 1.165) is 5.69 Å². The molecule has 2 aromatic rings. The molecule has 0 aliphatic heterocycles. The Kier molecular flexibility index (Phi) is 4.54. The number of carbonyl (C=O) groups is 2. The molecule has 6 nitrogen and oxygen atoms in total. The maximum Gasteiger partial charge on any atom is 0.337 e. The summed E-state index contributed by atoms with van der Waals surface area (Å²) in [4.78, 5) is 27.1. The molecule has 0 radical (unpaired) electrons. The molecule has 0 atom stereocenters. The topological polar surface area (TPSA) is 91.3 Å². The first kappa shape index (κ1) is 15.0. The van der Waals surface area contributed by atoms with Crippen LogP contribution in [-0.2, 0) is 0 Å². The fraction of sp³-hybridized carbons (Fsp3) is 0.0714. The molecule has 0 aliphatic rings. The number of pyridine rings is 1. The Morgan fingerprint density at radius 1 is 1.19 bits per heavy atom. The molecule has 7 heteroatoms. The van der Waals surface area contributed by atoms with Gasteiger partial charge in [-0.3, -0.25) is 4.98 Å². The number of aromatic carboxylic acids is 1. The Labute approximate surface area is 129 Å². The lowest BCUT2D eigenvalue weighted by Crippen LogP contribution is -2.21. The second-order valence-corrected chi connectivity index (χ2v) is 5.18. The van der Waals surface area contributed by atoms with E-state index in [1.807, 2.05) is 6.92 Å². The molecule has 2 rings (SSSR count). The summed E-state index contributed by atoms with van der Waals surface area (Å²) in [5, 5.41) is 14.2. The van der Waals surface area contributed by atoms with Crippen LogP contribution in [0.15, 0.2) is 41.0 Å². The van der Waals surface area contributed by atoms with E-state index in [0.29, 0.717) is 10.2 Å². The van der Waals surface area contributed by atoms with Crippen LogP contribution < -0.4 is 10.6 Å². The Morgan fingerprint density at radius 2 is 1.95 bits per heavy atom. The highest BCUT2D eigenvalue weighted by atomic mass is 79.9. The molecule has 0 fully saturated rings. The number of urea groups is 1. The number of anilines is 2. The highest BCUT2D eigenvalue weighted by Crippen LogP contribution is 2.21. The number of hydrogen-bond donors (Lipinski definition) is 3. The SMILES string of the molecule is Cc1ccc(NC(=O)Nc2ccc(Br)cc2C(=O)O)cn1. The van der Waals surface area contributed by atoms with Gasteiger partial charge in [0.2, 0.25) is 0 Å². The van der Waals surface area contributed by atoms with E-state index in [2.05, 4.69) is 31.5 Å². The minimum Gasteiger partial charge on any atom is -0.478 e. The predicted molar refractivity (Wildman–Crippen MR) is 82.7 cm³/mol. The van der Waals surface area contributed by atoms with Gasteiger partial charge in [-0.2, -0.15) is 0 Å². The number of aryl methyl sites for hydroxylation is 1. The number of benzene rings is 1.